The number of rotatable bonds is 1. The van der Waals surface area contributed by atoms with Gasteiger partial charge in [0.25, 0.3) is 5.91 Å². The molecule has 4 rings (SSSR count). The monoisotopic (exact) mass is 343 g/mol. The van der Waals surface area contributed by atoms with Gasteiger partial charge in [0.05, 0.1) is 10.6 Å². The molecule has 3 N–H and O–H groups in total. The Balaban J connectivity index is 1.54. The Morgan fingerprint density at radius 3 is 2.71 bits per heavy atom. The van der Waals surface area contributed by atoms with Crippen molar-refractivity contribution in [3.8, 4) is 0 Å². The summed E-state index contributed by atoms with van der Waals surface area (Å²) < 4.78 is 1.05. The molecule has 0 atom stereocenters. The molecule has 2 aliphatic heterocycles. The number of piperidine rings is 2. The smallest absolute Gasteiger partial charge is 0.257 e. The van der Waals surface area contributed by atoms with Crippen LogP contribution >= 0.6 is 11.3 Å². The number of amides is 2. The Kier molecular flexibility index (Phi) is 3.72. The third-order valence-corrected chi connectivity index (χ3v) is 6.46. The van der Waals surface area contributed by atoms with E-state index in [2.05, 4.69) is 5.32 Å². The largest absolute Gasteiger partial charge is 0.390 e. The first-order chi connectivity index (χ1) is 11.6. The molecule has 0 radical (unpaired) electrons. The molecule has 0 bridgehead atoms. The summed E-state index contributed by atoms with van der Waals surface area (Å²) in [5.74, 6) is 0.175. The lowest BCUT2D eigenvalue weighted by molar-refractivity contribution is -0.126. The van der Waals surface area contributed by atoms with Gasteiger partial charge in [0.2, 0.25) is 5.91 Å². The molecule has 1 spiro atoms. The molecule has 5 nitrogen and oxygen atoms in total. The molecule has 3 heterocycles. The number of nitrogens with one attached hydrogen (secondary N) is 1. The van der Waals surface area contributed by atoms with E-state index in [1.54, 1.807) is 0 Å². The molecule has 2 aliphatic rings. The average Bonchev–Trinajstić information content (AvgIpc) is 2.90. The zero-order chi connectivity index (χ0) is 16.7. The number of carbonyl (C=O) groups excluding carboxylic acids is 2. The zero-order valence-corrected chi connectivity index (χ0v) is 14.3. The summed E-state index contributed by atoms with van der Waals surface area (Å²) in [4.78, 5) is 26.6. The molecule has 2 fully saturated rings. The maximum Gasteiger partial charge on any atom is 0.257 e. The molecule has 1 aromatic carbocycles. The van der Waals surface area contributed by atoms with Gasteiger partial charge in [-0.3, -0.25) is 9.59 Å². The predicted octanol–water partition coefficient (Wildman–Crippen LogP) is 2.62. The quantitative estimate of drug-likeness (QED) is 0.836. The summed E-state index contributed by atoms with van der Waals surface area (Å²) in [7, 11) is 0. The Labute approximate surface area is 144 Å². The van der Waals surface area contributed by atoms with Gasteiger partial charge >= 0.3 is 0 Å². The topological polar surface area (TPSA) is 75.4 Å². The van der Waals surface area contributed by atoms with Crippen LogP contribution in [0.1, 0.15) is 36.0 Å². The van der Waals surface area contributed by atoms with Crippen molar-refractivity contribution in [2.24, 2.45) is 5.41 Å². The van der Waals surface area contributed by atoms with Crippen molar-refractivity contribution in [2.45, 2.75) is 25.7 Å². The van der Waals surface area contributed by atoms with Crippen LogP contribution < -0.4 is 11.1 Å². The van der Waals surface area contributed by atoms with Crippen molar-refractivity contribution >= 4 is 38.2 Å². The zero-order valence-electron chi connectivity index (χ0n) is 13.5. The molecule has 6 heteroatoms. The third-order valence-electron chi connectivity index (χ3n) is 5.46. The maximum atomic E-state index is 13.0. The third kappa shape index (κ3) is 2.55. The lowest BCUT2D eigenvalue weighted by Crippen LogP contribution is -2.49. The second kappa shape index (κ2) is 5.77. The summed E-state index contributed by atoms with van der Waals surface area (Å²) in [6, 6.07) is 7.87. The summed E-state index contributed by atoms with van der Waals surface area (Å²) >= 11 is 1.47. The van der Waals surface area contributed by atoms with Crippen LogP contribution in [0.25, 0.3) is 10.1 Å². The molecule has 0 saturated carbocycles. The number of hydrogen-bond acceptors (Lipinski definition) is 4. The van der Waals surface area contributed by atoms with E-state index in [0.29, 0.717) is 30.1 Å². The molecular formula is C18H21N3O2S. The SMILES string of the molecule is Nc1sc2ccccc2c1C(=O)N1CCC2(CCNC(=O)C2)CC1. The molecule has 2 amide bonds. The second-order valence-corrected chi connectivity index (χ2v) is 7.99. The molecule has 2 aromatic rings. The Morgan fingerprint density at radius 1 is 1.21 bits per heavy atom. The van der Waals surface area contributed by atoms with Crippen molar-refractivity contribution in [3.05, 3.63) is 29.8 Å². The first-order valence-corrected chi connectivity index (χ1v) is 9.23. The number of benzene rings is 1. The van der Waals surface area contributed by atoms with Crippen molar-refractivity contribution < 1.29 is 9.59 Å². The number of carbonyl (C=O) groups is 2. The summed E-state index contributed by atoms with van der Waals surface area (Å²) in [5, 5.41) is 4.45. The minimum atomic E-state index is 0.0278. The minimum absolute atomic E-state index is 0.0278. The number of fused-ring (bicyclic) bond motifs is 1. The lowest BCUT2D eigenvalue weighted by atomic mass is 9.71. The first-order valence-electron chi connectivity index (χ1n) is 8.41. The van der Waals surface area contributed by atoms with Crippen LogP contribution in [0.2, 0.25) is 0 Å². The molecule has 126 valence electrons. The first kappa shape index (κ1) is 15.4. The standard InChI is InChI=1S/C18H21N3O2S/c19-16-15(12-3-1-2-4-13(12)24-16)17(23)21-9-6-18(7-10-21)5-8-20-14(22)11-18/h1-4H,5-11,19H2,(H,20,22). The fourth-order valence-corrected chi connectivity index (χ4v) is 4.98. The van der Waals surface area contributed by atoms with Gasteiger partial charge in [0.15, 0.2) is 0 Å². The number of nitrogens with zero attached hydrogens (tertiary/aromatic N) is 1. The van der Waals surface area contributed by atoms with E-state index in [0.717, 1.165) is 35.9 Å². The highest BCUT2D eigenvalue weighted by atomic mass is 32.1. The second-order valence-electron chi connectivity index (χ2n) is 6.91. The summed E-state index contributed by atoms with van der Waals surface area (Å²) in [5.41, 5.74) is 6.86. The molecule has 1 aromatic heterocycles. The number of thiophene rings is 1. The van der Waals surface area contributed by atoms with Gasteiger partial charge in [-0.15, -0.1) is 11.3 Å². The number of likely N-dealkylation sites (tertiary alicyclic amines) is 1. The number of hydrogen-bond donors (Lipinski definition) is 2. The summed E-state index contributed by atoms with van der Waals surface area (Å²) in [6.45, 7) is 2.17. The van der Waals surface area contributed by atoms with Crippen LogP contribution in [0.4, 0.5) is 5.00 Å². The molecule has 0 aliphatic carbocycles. The normalized spacial score (nSPS) is 20.3. The highest BCUT2D eigenvalue weighted by Crippen LogP contribution is 2.41. The average molecular weight is 343 g/mol. The van der Waals surface area contributed by atoms with E-state index in [4.69, 9.17) is 5.73 Å². The Morgan fingerprint density at radius 2 is 1.96 bits per heavy atom. The van der Waals surface area contributed by atoms with Crippen LogP contribution in [0.15, 0.2) is 24.3 Å². The van der Waals surface area contributed by atoms with Crippen molar-refractivity contribution in [2.75, 3.05) is 25.4 Å². The molecule has 0 unspecified atom stereocenters. The number of nitrogen functional groups attached to an aromatic ring is 1. The van der Waals surface area contributed by atoms with Crippen molar-refractivity contribution in [1.29, 1.82) is 0 Å². The van der Waals surface area contributed by atoms with Gasteiger partial charge in [-0.05, 0) is 30.7 Å². The van der Waals surface area contributed by atoms with E-state index in [1.807, 2.05) is 29.2 Å². The van der Waals surface area contributed by atoms with Crippen LogP contribution in [0.5, 0.6) is 0 Å². The van der Waals surface area contributed by atoms with Gasteiger partial charge in [0, 0.05) is 36.1 Å². The van der Waals surface area contributed by atoms with Gasteiger partial charge in [-0.25, -0.2) is 0 Å². The maximum absolute atomic E-state index is 13.0. The van der Waals surface area contributed by atoms with Gasteiger partial charge in [0.1, 0.15) is 0 Å². The fraction of sp³-hybridized carbons (Fsp3) is 0.444. The molecule has 24 heavy (non-hydrogen) atoms. The lowest BCUT2D eigenvalue weighted by Gasteiger charge is -2.43. The Bertz CT molecular complexity index is 806. The Hall–Kier alpha value is -2.08. The van der Waals surface area contributed by atoms with Gasteiger partial charge in [-0.1, -0.05) is 18.2 Å². The highest BCUT2D eigenvalue weighted by molar-refractivity contribution is 7.23. The van der Waals surface area contributed by atoms with Crippen molar-refractivity contribution in [1.82, 2.24) is 10.2 Å². The van der Waals surface area contributed by atoms with E-state index >= 15 is 0 Å². The van der Waals surface area contributed by atoms with Gasteiger partial charge in [-0.2, -0.15) is 0 Å². The molecule has 2 saturated heterocycles. The van der Waals surface area contributed by atoms with E-state index < -0.39 is 0 Å². The van der Waals surface area contributed by atoms with Gasteiger partial charge < -0.3 is 16.0 Å². The van der Waals surface area contributed by atoms with E-state index in [9.17, 15) is 9.59 Å². The summed E-state index contributed by atoms with van der Waals surface area (Å²) in [6.07, 6.45) is 3.41. The van der Waals surface area contributed by atoms with E-state index in [-0.39, 0.29) is 17.2 Å². The fourth-order valence-electron chi connectivity index (χ4n) is 4.01. The van der Waals surface area contributed by atoms with Crippen LogP contribution in [0.3, 0.4) is 0 Å². The van der Waals surface area contributed by atoms with Crippen LogP contribution in [0, 0.1) is 5.41 Å². The van der Waals surface area contributed by atoms with Crippen LogP contribution in [-0.4, -0.2) is 36.3 Å². The van der Waals surface area contributed by atoms with Crippen molar-refractivity contribution in [3.63, 3.8) is 0 Å². The number of nitrogens with two attached hydrogens (primary N) is 1. The number of anilines is 1. The highest BCUT2D eigenvalue weighted by Gasteiger charge is 2.40. The van der Waals surface area contributed by atoms with E-state index in [1.165, 1.54) is 11.3 Å². The van der Waals surface area contributed by atoms with Crippen LogP contribution in [-0.2, 0) is 4.79 Å². The predicted molar refractivity (Wildman–Crippen MR) is 96.1 cm³/mol. The molecular weight excluding hydrogens is 322 g/mol. The minimum Gasteiger partial charge on any atom is -0.390 e.